The van der Waals surface area contributed by atoms with Crippen LogP contribution < -0.4 is 10.1 Å². The first-order valence-corrected chi connectivity index (χ1v) is 10.1. The Balaban J connectivity index is 1.58. The monoisotopic (exact) mass is 423 g/mol. The molecule has 0 saturated heterocycles. The number of anilines is 1. The van der Waals surface area contributed by atoms with Crippen LogP contribution in [0.5, 0.6) is 5.88 Å². The number of rotatable bonds is 5. The molecule has 0 aliphatic heterocycles. The van der Waals surface area contributed by atoms with Crippen molar-refractivity contribution in [3.63, 3.8) is 0 Å². The largest absolute Gasteiger partial charge is 0.481 e. The Labute approximate surface area is 184 Å². The van der Waals surface area contributed by atoms with E-state index in [1.165, 1.54) is 6.92 Å². The lowest BCUT2D eigenvalue weighted by atomic mass is 10.1. The number of nitrogens with zero attached hydrogens (tertiary/aromatic N) is 4. The van der Waals surface area contributed by atoms with E-state index < -0.39 is 0 Å². The van der Waals surface area contributed by atoms with Crippen molar-refractivity contribution in [2.75, 3.05) is 12.4 Å². The van der Waals surface area contributed by atoms with Gasteiger partial charge in [0.05, 0.1) is 23.8 Å². The van der Waals surface area contributed by atoms with Crippen molar-refractivity contribution < 1.29 is 9.53 Å². The van der Waals surface area contributed by atoms with Gasteiger partial charge in [0.1, 0.15) is 6.33 Å². The van der Waals surface area contributed by atoms with Crippen LogP contribution >= 0.6 is 0 Å². The summed E-state index contributed by atoms with van der Waals surface area (Å²) in [5.74, 6) is 0.463. The van der Waals surface area contributed by atoms with Crippen LogP contribution in [0.2, 0.25) is 0 Å². The maximum Gasteiger partial charge on any atom is 0.221 e. The minimum Gasteiger partial charge on any atom is -0.481 e. The Hall–Kier alpha value is -4.39. The average molecular weight is 423 g/mol. The lowest BCUT2D eigenvalue weighted by Gasteiger charge is -2.13. The Bertz CT molecular complexity index is 1400. The molecule has 0 atom stereocenters. The molecule has 3 aromatic heterocycles. The van der Waals surface area contributed by atoms with Crippen LogP contribution in [-0.2, 0) is 4.79 Å². The van der Waals surface area contributed by atoms with Gasteiger partial charge in [-0.15, -0.1) is 0 Å². The third-order valence-corrected chi connectivity index (χ3v) is 5.23. The standard InChI is InChI=1S/C25H21N5O2/c1-17(31)28-20-12-21(29-9-3-4-10-29)14-22(13-20)30-16-27-23-11-18(5-7-24(23)30)19-6-8-25(32-2)26-15-19/h3-16H,1-2H3,(H,28,31). The number of nitrogens with one attached hydrogen (secondary N) is 1. The number of hydrogen-bond acceptors (Lipinski definition) is 4. The van der Waals surface area contributed by atoms with E-state index in [-0.39, 0.29) is 5.91 Å². The fraction of sp³-hybridized carbons (Fsp3) is 0.0800. The van der Waals surface area contributed by atoms with Gasteiger partial charge >= 0.3 is 0 Å². The van der Waals surface area contributed by atoms with E-state index in [9.17, 15) is 4.79 Å². The second kappa shape index (κ2) is 8.03. The second-order valence-corrected chi connectivity index (χ2v) is 7.42. The van der Waals surface area contributed by atoms with E-state index >= 15 is 0 Å². The van der Waals surface area contributed by atoms with Crippen LogP contribution in [0.1, 0.15) is 6.92 Å². The van der Waals surface area contributed by atoms with E-state index in [4.69, 9.17) is 4.74 Å². The van der Waals surface area contributed by atoms with Gasteiger partial charge in [-0.1, -0.05) is 6.07 Å². The van der Waals surface area contributed by atoms with Gasteiger partial charge in [0.15, 0.2) is 0 Å². The molecule has 5 aromatic rings. The van der Waals surface area contributed by atoms with Crippen molar-refractivity contribution >= 4 is 22.6 Å². The summed E-state index contributed by atoms with van der Waals surface area (Å²) in [6, 6.07) is 19.8. The van der Waals surface area contributed by atoms with Gasteiger partial charge in [-0.25, -0.2) is 9.97 Å². The van der Waals surface area contributed by atoms with E-state index in [2.05, 4.69) is 27.4 Å². The van der Waals surface area contributed by atoms with Gasteiger partial charge in [0.25, 0.3) is 0 Å². The fourth-order valence-electron chi connectivity index (χ4n) is 3.74. The SMILES string of the molecule is COc1ccc(-c2ccc3c(c2)ncn3-c2cc(NC(C)=O)cc(-n3cccc3)c2)cn1. The van der Waals surface area contributed by atoms with Crippen molar-refractivity contribution in [3.05, 3.63) is 85.6 Å². The van der Waals surface area contributed by atoms with Crippen LogP contribution in [-0.4, -0.2) is 32.1 Å². The van der Waals surface area contributed by atoms with Gasteiger partial charge in [-0.05, 0) is 54.1 Å². The van der Waals surface area contributed by atoms with Crippen molar-refractivity contribution in [2.24, 2.45) is 0 Å². The molecule has 1 amide bonds. The molecule has 0 spiro atoms. The first-order valence-electron chi connectivity index (χ1n) is 10.1. The quantitative estimate of drug-likeness (QED) is 0.439. The zero-order valence-corrected chi connectivity index (χ0v) is 17.7. The number of ether oxygens (including phenoxy) is 1. The second-order valence-electron chi connectivity index (χ2n) is 7.42. The van der Waals surface area contributed by atoms with E-state index in [1.54, 1.807) is 19.6 Å². The van der Waals surface area contributed by atoms with Gasteiger partial charge in [-0.2, -0.15) is 0 Å². The number of hydrogen-bond donors (Lipinski definition) is 1. The summed E-state index contributed by atoms with van der Waals surface area (Å²) in [5, 5.41) is 2.89. The number of carbonyl (C=O) groups excluding carboxylic acids is 1. The van der Waals surface area contributed by atoms with E-state index in [0.29, 0.717) is 5.88 Å². The topological polar surface area (TPSA) is 74.0 Å². The van der Waals surface area contributed by atoms with Crippen LogP contribution in [0.4, 0.5) is 5.69 Å². The molecule has 0 radical (unpaired) electrons. The molecule has 0 aliphatic carbocycles. The summed E-state index contributed by atoms with van der Waals surface area (Å²) in [7, 11) is 1.60. The first kappa shape index (κ1) is 19.6. The number of aromatic nitrogens is 4. The molecule has 2 aromatic carbocycles. The molecule has 158 valence electrons. The molecular weight excluding hydrogens is 402 g/mol. The smallest absolute Gasteiger partial charge is 0.221 e. The van der Waals surface area contributed by atoms with E-state index in [1.807, 2.05) is 70.1 Å². The minimum atomic E-state index is -0.117. The molecule has 7 nitrogen and oxygen atoms in total. The van der Waals surface area contributed by atoms with Crippen LogP contribution in [0.3, 0.4) is 0 Å². The highest BCUT2D eigenvalue weighted by molar-refractivity contribution is 5.90. The van der Waals surface area contributed by atoms with Crippen LogP contribution in [0.15, 0.2) is 85.6 Å². The van der Waals surface area contributed by atoms with Crippen LogP contribution in [0, 0.1) is 0 Å². The molecule has 0 unspecified atom stereocenters. The molecule has 5 rings (SSSR count). The predicted octanol–water partition coefficient (Wildman–Crippen LogP) is 4.85. The molecule has 1 N–H and O–H groups in total. The van der Waals surface area contributed by atoms with Crippen molar-refractivity contribution in [1.29, 1.82) is 0 Å². The minimum absolute atomic E-state index is 0.117. The zero-order chi connectivity index (χ0) is 22.1. The average Bonchev–Trinajstić information content (AvgIpc) is 3.48. The molecule has 0 fully saturated rings. The molecule has 0 saturated carbocycles. The number of amides is 1. The van der Waals surface area contributed by atoms with Gasteiger partial charge < -0.3 is 14.6 Å². The summed E-state index contributed by atoms with van der Waals surface area (Å²) in [6.45, 7) is 1.50. The Morgan fingerprint density at radius 1 is 0.938 bits per heavy atom. The zero-order valence-electron chi connectivity index (χ0n) is 17.7. The lowest BCUT2D eigenvalue weighted by Crippen LogP contribution is -2.07. The van der Waals surface area contributed by atoms with E-state index in [0.717, 1.165) is 39.2 Å². The van der Waals surface area contributed by atoms with Gasteiger partial charge in [-0.3, -0.25) is 9.36 Å². The van der Waals surface area contributed by atoms with Gasteiger partial charge in [0, 0.05) is 48.5 Å². The maximum absolute atomic E-state index is 11.7. The summed E-state index contributed by atoms with van der Waals surface area (Å²) in [6.07, 6.45) is 7.53. The summed E-state index contributed by atoms with van der Waals surface area (Å²) < 4.78 is 9.16. The lowest BCUT2D eigenvalue weighted by molar-refractivity contribution is -0.114. The summed E-state index contributed by atoms with van der Waals surface area (Å²) >= 11 is 0. The number of pyridine rings is 1. The Morgan fingerprint density at radius 3 is 2.44 bits per heavy atom. The summed E-state index contributed by atoms with van der Waals surface area (Å²) in [4.78, 5) is 20.6. The Kier molecular flexibility index (Phi) is 4.91. The molecular formula is C25H21N5O2. The highest BCUT2D eigenvalue weighted by atomic mass is 16.5. The van der Waals surface area contributed by atoms with Crippen molar-refractivity contribution in [3.8, 4) is 28.4 Å². The number of imidazole rings is 1. The maximum atomic E-state index is 11.7. The Morgan fingerprint density at radius 2 is 1.72 bits per heavy atom. The third kappa shape index (κ3) is 3.72. The highest BCUT2D eigenvalue weighted by Gasteiger charge is 2.11. The molecule has 0 bridgehead atoms. The van der Waals surface area contributed by atoms with Crippen LogP contribution in [0.25, 0.3) is 33.5 Å². The first-order chi connectivity index (χ1) is 15.6. The predicted molar refractivity (Wildman–Crippen MR) is 124 cm³/mol. The highest BCUT2D eigenvalue weighted by Crippen LogP contribution is 2.28. The third-order valence-electron chi connectivity index (χ3n) is 5.23. The molecule has 7 heteroatoms. The van der Waals surface area contributed by atoms with Crippen molar-refractivity contribution in [1.82, 2.24) is 19.1 Å². The molecule has 0 aliphatic rings. The number of fused-ring (bicyclic) bond motifs is 1. The number of carbonyl (C=O) groups is 1. The molecule has 3 heterocycles. The van der Waals surface area contributed by atoms with Crippen molar-refractivity contribution in [2.45, 2.75) is 6.92 Å². The fourth-order valence-corrected chi connectivity index (χ4v) is 3.74. The van der Waals surface area contributed by atoms with Gasteiger partial charge in [0.2, 0.25) is 11.8 Å². The number of benzene rings is 2. The number of methoxy groups -OCH3 is 1. The molecule has 32 heavy (non-hydrogen) atoms. The summed E-state index contributed by atoms with van der Waals surface area (Å²) in [5.41, 5.74) is 6.42. The normalized spacial score (nSPS) is 10.9.